The summed E-state index contributed by atoms with van der Waals surface area (Å²) in [6, 6.07) is 17.1. The third kappa shape index (κ3) is 4.13. The van der Waals surface area contributed by atoms with Gasteiger partial charge in [0.2, 0.25) is 0 Å². The van der Waals surface area contributed by atoms with Crippen LogP contribution in [0.1, 0.15) is 28.2 Å². The van der Waals surface area contributed by atoms with Crippen molar-refractivity contribution in [2.75, 3.05) is 12.4 Å². The predicted molar refractivity (Wildman–Crippen MR) is 118 cm³/mol. The number of rotatable bonds is 6. The lowest BCUT2D eigenvalue weighted by Gasteiger charge is -2.15. The molecule has 0 aliphatic heterocycles. The number of benzene rings is 2. The van der Waals surface area contributed by atoms with Gasteiger partial charge in [-0.2, -0.15) is 0 Å². The summed E-state index contributed by atoms with van der Waals surface area (Å²) in [7, 11) is 3.49. The number of hydrogen-bond acceptors (Lipinski definition) is 6. The maximum atomic E-state index is 12.9. The number of para-hydroxylation sites is 1. The fourth-order valence-corrected chi connectivity index (χ4v) is 3.97. The maximum Gasteiger partial charge on any atom is 0.274 e. The third-order valence-corrected chi connectivity index (χ3v) is 5.93. The van der Waals surface area contributed by atoms with Crippen molar-refractivity contribution >= 4 is 34.3 Å². The molecule has 1 N–H and O–H groups in total. The monoisotopic (exact) mass is 419 g/mol. The highest BCUT2D eigenvalue weighted by Crippen LogP contribution is 2.37. The number of ether oxygens (including phenoxy) is 1. The van der Waals surface area contributed by atoms with Crippen molar-refractivity contribution in [1.82, 2.24) is 19.7 Å². The fraction of sp³-hybridized carbons (Fsp3) is 0.182. The van der Waals surface area contributed by atoms with E-state index >= 15 is 0 Å². The van der Waals surface area contributed by atoms with Crippen molar-refractivity contribution in [3.63, 3.8) is 0 Å². The molecule has 0 aliphatic rings. The Labute approximate surface area is 178 Å². The Hall–Kier alpha value is -3.39. The molecule has 0 bridgehead atoms. The Morgan fingerprint density at radius 2 is 2.00 bits per heavy atom. The average Bonchev–Trinajstić information content (AvgIpc) is 3.17. The quantitative estimate of drug-likeness (QED) is 0.464. The molecule has 2 aromatic heterocycles. The Morgan fingerprint density at radius 3 is 2.77 bits per heavy atom. The molecular formula is C22H21N5O2S. The van der Waals surface area contributed by atoms with Gasteiger partial charge in [0.25, 0.3) is 5.91 Å². The highest BCUT2D eigenvalue weighted by atomic mass is 32.2. The van der Waals surface area contributed by atoms with Gasteiger partial charge in [-0.15, -0.1) is 10.2 Å². The van der Waals surface area contributed by atoms with Gasteiger partial charge in [-0.3, -0.25) is 4.79 Å². The van der Waals surface area contributed by atoms with E-state index in [1.165, 1.54) is 0 Å². The van der Waals surface area contributed by atoms with Crippen LogP contribution in [0.2, 0.25) is 0 Å². The van der Waals surface area contributed by atoms with Crippen LogP contribution in [0.4, 0.5) is 5.69 Å². The number of nitrogens with one attached hydrogen (secondary N) is 1. The summed E-state index contributed by atoms with van der Waals surface area (Å²) in [5.41, 5.74) is 2.76. The second-order valence-corrected chi connectivity index (χ2v) is 8.10. The summed E-state index contributed by atoms with van der Waals surface area (Å²) in [5, 5.41) is 12.9. The second kappa shape index (κ2) is 8.54. The van der Waals surface area contributed by atoms with E-state index in [-0.39, 0.29) is 11.2 Å². The molecule has 2 heterocycles. The normalized spacial score (nSPS) is 12.0. The number of carbonyl (C=O) groups excluding carboxylic acids is 1. The van der Waals surface area contributed by atoms with Gasteiger partial charge in [-0.1, -0.05) is 42.1 Å². The molecular weight excluding hydrogens is 398 g/mol. The molecule has 4 rings (SSSR count). The number of hydrogen-bond donors (Lipinski definition) is 1. The van der Waals surface area contributed by atoms with Crippen molar-refractivity contribution < 1.29 is 9.53 Å². The number of thioether (sulfide) groups is 1. The minimum Gasteiger partial charge on any atom is -0.495 e. The van der Waals surface area contributed by atoms with Gasteiger partial charge in [-0.05, 0) is 36.8 Å². The van der Waals surface area contributed by atoms with Crippen molar-refractivity contribution in [2.45, 2.75) is 17.3 Å². The van der Waals surface area contributed by atoms with Crippen molar-refractivity contribution in [1.29, 1.82) is 0 Å². The van der Waals surface area contributed by atoms with Gasteiger partial charge in [0.1, 0.15) is 17.8 Å². The van der Waals surface area contributed by atoms with Crippen LogP contribution in [0.15, 0.2) is 66.1 Å². The average molecular weight is 420 g/mol. The molecule has 0 radical (unpaired) electrons. The minimum absolute atomic E-state index is 0.105. The zero-order chi connectivity index (χ0) is 21.1. The number of aryl methyl sites for hydroxylation is 1. The van der Waals surface area contributed by atoms with Crippen molar-refractivity contribution in [2.24, 2.45) is 7.05 Å². The maximum absolute atomic E-state index is 12.9. The first-order chi connectivity index (χ1) is 14.5. The molecule has 30 heavy (non-hydrogen) atoms. The molecule has 8 heteroatoms. The van der Waals surface area contributed by atoms with E-state index in [1.807, 2.05) is 60.1 Å². The largest absolute Gasteiger partial charge is 0.495 e. The summed E-state index contributed by atoms with van der Waals surface area (Å²) in [6.07, 6.45) is 1.67. The Balaban J connectivity index is 1.58. The summed E-state index contributed by atoms with van der Waals surface area (Å²) < 4.78 is 7.32. The van der Waals surface area contributed by atoms with Gasteiger partial charge in [0.15, 0.2) is 5.16 Å². The molecule has 4 aromatic rings. The Morgan fingerprint density at radius 1 is 1.17 bits per heavy atom. The van der Waals surface area contributed by atoms with E-state index < -0.39 is 0 Å². The lowest BCUT2D eigenvalue weighted by molar-refractivity contribution is 0.102. The van der Waals surface area contributed by atoms with Crippen molar-refractivity contribution in [3.8, 4) is 5.75 Å². The van der Waals surface area contributed by atoms with Gasteiger partial charge in [0.05, 0.1) is 18.3 Å². The highest BCUT2D eigenvalue weighted by Gasteiger charge is 2.16. The lowest BCUT2D eigenvalue weighted by Crippen LogP contribution is -2.14. The van der Waals surface area contributed by atoms with Crippen molar-refractivity contribution in [3.05, 3.63) is 72.2 Å². The van der Waals surface area contributed by atoms with E-state index in [1.54, 1.807) is 31.3 Å². The fourth-order valence-electron chi connectivity index (χ4n) is 3.06. The van der Waals surface area contributed by atoms with Crippen LogP contribution >= 0.6 is 11.8 Å². The molecule has 0 spiro atoms. The molecule has 152 valence electrons. The van der Waals surface area contributed by atoms with E-state index in [0.717, 1.165) is 21.6 Å². The smallest absolute Gasteiger partial charge is 0.274 e. The third-order valence-electron chi connectivity index (χ3n) is 4.72. The zero-order valence-electron chi connectivity index (χ0n) is 16.9. The predicted octanol–water partition coefficient (Wildman–Crippen LogP) is 4.48. The summed E-state index contributed by atoms with van der Waals surface area (Å²) in [5.74, 6) is 0.300. The summed E-state index contributed by atoms with van der Waals surface area (Å²) in [4.78, 5) is 17.3. The van der Waals surface area contributed by atoms with Crippen LogP contribution in [-0.4, -0.2) is 32.8 Å². The molecule has 1 amide bonds. The molecule has 0 fully saturated rings. The first-order valence-electron chi connectivity index (χ1n) is 9.41. The minimum atomic E-state index is -0.287. The Kier molecular flexibility index (Phi) is 5.67. The number of fused-ring (bicyclic) bond motifs is 1. The molecule has 2 aromatic carbocycles. The SMILES string of the molecule is COc1ccc(C(C)Sc2nncn2C)cc1NC(=O)c1ccc2ccccc2n1. The number of amides is 1. The van der Waals surface area contributed by atoms with E-state index in [9.17, 15) is 4.79 Å². The number of carbonyl (C=O) groups is 1. The molecule has 0 aliphatic carbocycles. The van der Waals surface area contributed by atoms with E-state index in [4.69, 9.17) is 4.74 Å². The molecule has 0 saturated heterocycles. The molecule has 1 atom stereocenters. The highest BCUT2D eigenvalue weighted by molar-refractivity contribution is 7.99. The standard InChI is InChI=1S/C22H21N5O2S/c1-14(30-22-26-23-13-27(22)2)16-9-11-20(29-3)19(12-16)25-21(28)18-10-8-15-6-4-5-7-17(15)24-18/h4-14H,1-3H3,(H,25,28). The topological polar surface area (TPSA) is 81.9 Å². The first-order valence-corrected chi connectivity index (χ1v) is 10.3. The van der Waals surface area contributed by atoms with Crippen LogP contribution in [0, 0.1) is 0 Å². The zero-order valence-corrected chi connectivity index (χ0v) is 17.7. The Bertz CT molecular complexity index is 1210. The van der Waals surface area contributed by atoms with Gasteiger partial charge in [0, 0.05) is 17.7 Å². The summed E-state index contributed by atoms with van der Waals surface area (Å²) >= 11 is 1.59. The number of anilines is 1. The number of methoxy groups -OCH3 is 1. The number of pyridine rings is 1. The molecule has 7 nitrogen and oxygen atoms in total. The van der Waals surface area contributed by atoms with Gasteiger partial charge < -0.3 is 14.6 Å². The lowest BCUT2D eigenvalue weighted by atomic mass is 10.1. The summed E-state index contributed by atoms with van der Waals surface area (Å²) in [6.45, 7) is 2.08. The number of nitrogens with zero attached hydrogens (tertiary/aromatic N) is 4. The van der Waals surface area contributed by atoms with Crippen LogP contribution in [-0.2, 0) is 7.05 Å². The molecule has 1 unspecified atom stereocenters. The van der Waals surface area contributed by atoms with E-state index in [0.29, 0.717) is 17.1 Å². The van der Waals surface area contributed by atoms with Crippen LogP contribution in [0.3, 0.4) is 0 Å². The van der Waals surface area contributed by atoms with Gasteiger partial charge in [-0.25, -0.2) is 4.98 Å². The molecule has 0 saturated carbocycles. The van der Waals surface area contributed by atoms with Crippen LogP contribution in [0.5, 0.6) is 5.75 Å². The van der Waals surface area contributed by atoms with E-state index in [2.05, 4.69) is 27.4 Å². The number of aromatic nitrogens is 4. The van der Waals surface area contributed by atoms with Gasteiger partial charge >= 0.3 is 0 Å². The second-order valence-electron chi connectivity index (χ2n) is 6.79. The van der Waals surface area contributed by atoms with Crippen LogP contribution < -0.4 is 10.1 Å². The van der Waals surface area contributed by atoms with Crippen LogP contribution in [0.25, 0.3) is 10.9 Å². The first kappa shape index (κ1) is 19.9.